The van der Waals surface area contributed by atoms with E-state index in [-0.39, 0.29) is 6.29 Å². The fourth-order valence-corrected chi connectivity index (χ4v) is 2.53. The average molecular weight is 286 g/mol. The van der Waals surface area contributed by atoms with Gasteiger partial charge in [0.2, 0.25) is 0 Å². The third-order valence-corrected chi connectivity index (χ3v) is 3.81. The Morgan fingerprint density at radius 1 is 0.850 bits per heavy atom. The molecule has 0 N–H and O–H groups in total. The summed E-state index contributed by atoms with van der Waals surface area (Å²) in [5, 5.41) is 0. The highest BCUT2D eigenvalue weighted by Gasteiger charge is 2.14. The van der Waals surface area contributed by atoms with Crippen molar-refractivity contribution in [2.24, 2.45) is 0 Å². The van der Waals surface area contributed by atoms with Gasteiger partial charge in [0.1, 0.15) is 0 Å². The second-order valence-electron chi connectivity index (χ2n) is 5.75. The van der Waals surface area contributed by atoms with Crippen molar-refractivity contribution >= 4 is 0 Å². The van der Waals surface area contributed by atoms with Gasteiger partial charge in [0.05, 0.1) is 13.2 Å². The van der Waals surface area contributed by atoms with Crippen LogP contribution in [0.3, 0.4) is 0 Å². The molecule has 0 radical (unpaired) electrons. The van der Waals surface area contributed by atoms with E-state index in [2.05, 4.69) is 6.92 Å². The smallest absolute Gasteiger partial charge is 0.157 e. The second-order valence-corrected chi connectivity index (χ2v) is 5.75. The standard InChI is InChI=1S/C17H34O3/c1-2-3-4-5-6-7-8-9-10-13-18-15-16-20-17-12-11-14-19-17/h17H,2-16H2,1H3. The molecule has 1 rings (SSSR count). The highest BCUT2D eigenvalue weighted by Crippen LogP contribution is 2.12. The fraction of sp³-hybridized carbons (Fsp3) is 1.00. The monoisotopic (exact) mass is 286 g/mol. The summed E-state index contributed by atoms with van der Waals surface area (Å²) in [4.78, 5) is 0. The summed E-state index contributed by atoms with van der Waals surface area (Å²) in [6.07, 6.45) is 14.5. The highest BCUT2D eigenvalue weighted by atomic mass is 16.7. The molecule has 1 atom stereocenters. The van der Waals surface area contributed by atoms with Crippen molar-refractivity contribution in [1.82, 2.24) is 0 Å². The molecule has 20 heavy (non-hydrogen) atoms. The first-order valence-corrected chi connectivity index (χ1v) is 8.74. The summed E-state index contributed by atoms with van der Waals surface area (Å²) < 4.78 is 16.5. The van der Waals surface area contributed by atoms with Crippen LogP contribution in [-0.2, 0) is 14.2 Å². The quantitative estimate of drug-likeness (QED) is 0.434. The van der Waals surface area contributed by atoms with Gasteiger partial charge < -0.3 is 14.2 Å². The van der Waals surface area contributed by atoms with Crippen LogP contribution in [0.15, 0.2) is 0 Å². The minimum atomic E-state index is 0.0336. The topological polar surface area (TPSA) is 27.7 Å². The Morgan fingerprint density at radius 3 is 2.20 bits per heavy atom. The molecule has 120 valence electrons. The van der Waals surface area contributed by atoms with Crippen molar-refractivity contribution in [3.63, 3.8) is 0 Å². The van der Waals surface area contributed by atoms with Gasteiger partial charge in [0.25, 0.3) is 0 Å². The van der Waals surface area contributed by atoms with Crippen molar-refractivity contribution < 1.29 is 14.2 Å². The summed E-state index contributed by atoms with van der Waals surface area (Å²) in [6.45, 7) is 5.37. The lowest BCUT2D eigenvalue weighted by Crippen LogP contribution is -2.14. The Kier molecular flexibility index (Phi) is 12.4. The van der Waals surface area contributed by atoms with Gasteiger partial charge in [-0.1, -0.05) is 58.3 Å². The van der Waals surface area contributed by atoms with Crippen LogP contribution in [0, 0.1) is 0 Å². The molecule has 3 heteroatoms. The molecule has 3 nitrogen and oxygen atoms in total. The van der Waals surface area contributed by atoms with E-state index in [1.807, 2.05) is 0 Å². The largest absolute Gasteiger partial charge is 0.379 e. The van der Waals surface area contributed by atoms with E-state index in [9.17, 15) is 0 Å². The molecule has 1 unspecified atom stereocenters. The molecule has 0 aliphatic carbocycles. The zero-order valence-corrected chi connectivity index (χ0v) is 13.4. The molecule has 0 aromatic carbocycles. The molecule has 1 heterocycles. The number of hydrogen-bond acceptors (Lipinski definition) is 3. The third kappa shape index (κ3) is 10.6. The maximum atomic E-state index is 5.57. The predicted octanol–water partition coefficient (Wildman–Crippen LogP) is 4.69. The lowest BCUT2D eigenvalue weighted by atomic mass is 10.1. The first kappa shape index (κ1) is 17.9. The van der Waals surface area contributed by atoms with E-state index in [4.69, 9.17) is 14.2 Å². The lowest BCUT2D eigenvalue weighted by Gasteiger charge is -2.10. The van der Waals surface area contributed by atoms with Crippen molar-refractivity contribution in [1.29, 1.82) is 0 Å². The van der Waals surface area contributed by atoms with Crippen molar-refractivity contribution in [3.8, 4) is 0 Å². The van der Waals surface area contributed by atoms with Gasteiger partial charge in [0.15, 0.2) is 6.29 Å². The molecule has 0 saturated carbocycles. The van der Waals surface area contributed by atoms with Gasteiger partial charge in [-0.25, -0.2) is 0 Å². The van der Waals surface area contributed by atoms with Crippen LogP contribution >= 0.6 is 0 Å². The predicted molar refractivity (Wildman–Crippen MR) is 83.0 cm³/mol. The minimum Gasteiger partial charge on any atom is -0.379 e. The van der Waals surface area contributed by atoms with E-state index in [0.717, 1.165) is 26.1 Å². The normalized spacial score (nSPS) is 18.8. The number of rotatable bonds is 14. The van der Waals surface area contributed by atoms with Crippen LogP contribution in [0.25, 0.3) is 0 Å². The van der Waals surface area contributed by atoms with E-state index in [0.29, 0.717) is 13.2 Å². The first-order chi connectivity index (χ1) is 9.93. The first-order valence-electron chi connectivity index (χ1n) is 8.74. The second kappa shape index (κ2) is 13.8. The Bertz CT molecular complexity index is 191. The van der Waals surface area contributed by atoms with E-state index in [1.54, 1.807) is 0 Å². The molecule has 0 spiro atoms. The van der Waals surface area contributed by atoms with Crippen LogP contribution < -0.4 is 0 Å². The number of hydrogen-bond donors (Lipinski definition) is 0. The van der Waals surface area contributed by atoms with Crippen molar-refractivity contribution in [2.45, 2.75) is 83.8 Å². The van der Waals surface area contributed by atoms with Crippen LogP contribution in [0.2, 0.25) is 0 Å². The summed E-state index contributed by atoms with van der Waals surface area (Å²) >= 11 is 0. The lowest BCUT2D eigenvalue weighted by molar-refractivity contribution is -0.121. The summed E-state index contributed by atoms with van der Waals surface area (Å²) in [7, 11) is 0. The molecule has 1 saturated heterocycles. The fourth-order valence-electron chi connectivity index (χ4n) is 2.53. The van der Waals surface area contributed by atoms with E-state index in [1.165, 1.54) is 57.8 Å². The number of unbranched alkanes of at least 4 members (excludes halogenated alkanes) is 8. The zero-order valence-electron chi connectivity index (χ0n) is 13.4. The zero-order chi connectivity index (χ0) is 14.3. The Hall–Kier alpha value is -0.120. The van der Waals surface area contributed by atoms with Crippen molar-refractivity contribution in [2.75, 3.05) is 26.4 Å². The van der Waals surface area contributed by atoms with Gasteiger partial charge in [-0.3, -0.25) is 0 Å². The van der Waals surface area contributed by atoms with Gasteiger partial charge in [-0.05, 0) is 12.8 Å². The molecular formula is C17H34O3. The Morgan fingerprint density at radius 2 is 1.55 bits per heavy atom. The molecule has 0 bridgehead atoms. The highest BCUT2D eigenvalue weighted by molar-refractivity contribution is 4.54. The Labute approximate surface area is 125 Å². The molecule has 0 aromatic rings. The maximum Gasteiger partial charge on any atom is 0.157 e. The SMILES string of the molecule is CCCCCCCCCCCOCCOC1CCCO1. The molecule has 0 aromatic heterocycles. The van der Waals surface area contributed by atoms with Gasteiger partial charge >= 0.3 is 0 Å². The van der Waals surface area contributed by atoms with Crippen LogP contribution in [0.5, 0.6) is 0 Å². The van der Waals surface area contributed by atoms with Gasteiger partial charge in [-0.2, -0.15) is 0 Å². The summed E-state index contributed by atoms with van der Waals surface area (Å²) in [6, 6.07) is 0. The van der Waals surface area contributed by atoms with Gasteiger partial charge in [0, 0.05) is 19.6 Å². The molecule has 1 aliphatic rings. The molecular weight excluding hydrogens is 252 g/mol. The van der Waals surface area contributed by atoms with E-state index < -0.39 is 0 Å². The Balaban J connectivity index is 1.66. The summed E-state index contributed by atoms with van der Waals surface area (Å²) in [5.41, 5.74) is 0. The van der Waals surface area contributed by atoms with E-state index >= 15 is 0 Å². The minimum absolute atomic E-state index is 0.0336. The maximum absolute atomic E-state index is 5.57. The molecule has 0 amide bonds. The summed E-state index contributed by atoms with van der Waals surface area (Å²) in [5.74, 6) is 0. The average Bonchev–Trinajstić information content (AvgIpc) is 2.97. The van der Waals surface area contributed by atoms with Gasteiger partial charge in [-0.15, -0.1) is 0 Å². The van der Waals surface area contributed by atoms with Crippen molar-refractivity contribution in [3.05, 3.63) is 0 Å². The molecule has 1 fully saturated rings. The van der Waals surface area contributed by atoms with Crippen LogP contribution in [0.4, 0.5) is 0 Å². The van der Waals surface area contributed by atoms with Crippen LogP contribution in [0.1, 0.15) is 77.6 Å². The third-order valence-electron chi connectivity index (χ3n) is 3.81. The van der Waals surface area contributed by atoms with Crippen LogP contribution in [-0.4, -0.2) is 32.7 Å². The number of ether oxygens (including phenoxy) is 3. The molecule has 1 aliphatic heterocycles.